The molecule has 28 heavy (non-hydrogen) atoms. The van der Waals surface area contributed by atoms with Crippen LogP contribution in [0.25, 0.3) is 0 Å². The molecule has 9 nitrogen and oxygen atoms in total. The first-order chi connectivity index (χ1) is 13.3. The van der Waals surface area contributed by atoms with E-state index in [0.717, 1.165) is 25.3 Å². The van der Waals surface area contributed by atoms with Gasteiger partial charge in [0.2, 0.25) is 0 Å². The van der Waals surface area contributed by atoms with Gasteiger partial charge in [-0.1, -0.05) is 0 Å². The van der Waals surface area contributed by atoms with Gasteiger partial charge < -0.3 is 19.1 Å². The molecule has 2 rings (SSSR count). The number of amides is 1. The standard InChI is InChI=1S/C19H26N2O7/c1-5-27-17-9-14(15(21(24)25)10-16(17)26-4)19(23)28-11-18(22)20-12(2)7-6-8-13(20)3/h9-10,12-13H,5-8,11H2,1-4H3/t12-,13+. The highest BCUT2D eigenvalue weighted by Crippen LogP contribution is 2.35. The lowest BCUT2D eigenvalue weighted by molar-refractivity contribution is -0.385. The smallest absolute Gasteiger partial charge is 0.345 e. The summed E-state index contributed by atoms with van der Waals surface area (Å²) in [6.07, 6.45) is 2.83. The lowest BCUT2D eigenvalue weighted by Gasteiger charge is -2.38. The van der Waals surface area contributed by atoms with Crippen LogP contribution in [0.4, 0.5) is 5.69 Å². The van der Waals surface area contributed by atoms with Crippen molar-refractivity contribution in [2.24, 2.45) is 0 Å². The van der Waals surface area contributed by atoms with Crippen LogP contribution >= 0.6 is 0 Å². The summed E-state index contributed by atoms with van der Waals surface area (Å²) in [5.74, 6) is -0.945. The molecule has 154 valence electrons. The third-order valence-electron chi connectivity index (χ3n) is 4.81. The fourth-order valence-electron chi connectivity index (χ4n) is 3.48. The van der Waals surface area contributed by atoms with Gasteiger partial charge in [-0.05, 0) is 40.0 Å². The van der Waals surface area contributed by atoms with E-state index < -0.39 is 23.2 Å². The second kappa shape index (κ2) is 9.38. The van der Waals surface area contributed by atoms with E-state index in [4.69, 9.17) is 14.2 Å². The van der Waals surface area contributed by atoms with Gasteiger partial charge in [0.1, 0.15) is 5.56 Å². The molecular formula is C19H26N2O7. The van der Waals surface area contributed by atoms with E-state index in [0.29, 0.717) is 0 Å². The summed E-state index contributed by atoms with van der Waals surface area (Å²) in [7, 11) is 1.35. The molecule has 1 aliphatic rings. The number of likely N-dealkylation sites (tertiary alicyclic amines) is 1. The molecule has 1 aromatic carbocycles. The molecule has 0 radical (unpaired) electrons. The van der Waals surface area contributed by atoms with Crippen LogP contribution in [0.3, 0.4) is 0 Å². The maximum Gasteiger partial charge on any atom is 0.345 e. The summed E-state index contributed by atoms with van der Waals surface area (Å²) in [6.45, 7) is 5.46. The highest BCUT2D eigenvalue weighted by atomic mass is 16.6. The Morgan fingerprint density at radius 3 is 2.39 bits per heavy atom. The Labute approximate surface area is 163 Å². The molecule has 0 aliphatic carbocycles. The second-order valence-corrected chi connectivity index (χ2v) is 6.72. The Kier molecular flexibility index (Phi) is 7.19. The van der Waals surface area contributed by atoms with Crippen molar-refractivity contribution in [2.75, 3.05) is 20.3 Å². The molecule has 1 aromatic rings. The number of carbonyl (C=O) groups excluding carboxylic acids is 2. The maximum absolute atomic E-state index is 12.5. The second-order valence-electron chi connectivity index (χ2n) is 6.72. The van der Waals surface area contributed by atoms with Crippen LogP contribution in [-0.2, 0) is 9.53 Å². The first-order valence-electron chi connectivity index (χ1n) is 9.27. The number of nitro groups is 1. The highest BCUT2D eigenvalue weighted by Gasteiger charge is 2.31. The summed E-state index contributed by atoms with van der Waals surface area (Å²) in [5, 5.41) is 11.4. The minimum Gasteiger partial charge on any atom is -0.493 e. The number of methoxy groups -OCH3 is 1. The summed E-state index contributed by atoms with van der Waals surface area (Å²) in [4.78, 5) is 37.4. The predicted octanol–water partition coefficient (Wildman–Crippen LogP) is 2.95. The van der Waals surface area contributed by atoms with E-state index in [9.17, 15) is 19.7 Å². The van der Waals surface area contributed by atoms with Gasteiger partial charge in [-0.2, -0.15) is 0 Å². The summed E-state index contributed by atoms with van der Waals surface area (Å²) < 4.78 is 15.6. The molecule has 0 spiro atoms. The third kappa shape index (κ3) is 4.71. The van der Waals surface area contributed by atoms with Crippen LogP contribution in [0.2, 0.25) is 0 Å². The first kappa shape index (κ1) is 21.5. The van der Waals surface area contributed by atoms with E-state index in [-0.39, 0.29) is 41.7 Å². The van der Waals surface area contributed by atoms with Crippen LogP contribution in [0.1, 0.15) is 50.4 Å². The number of esters is 1. The molecule has 9 heteroatoms. The van der Waals surface area contributed by atoms with Crippen molar-refractivity contribution in [1.82, 2.24) is 4.90 Å². The molecule has 1 aliphatic heterocycles. The zero-order chi connectivity index (χ0) is 20.8. The molecule has 0 bridgehead atoms. The van der Waals surface area contributed by atoms with E-state index in [1.54, 1.807) is 11.8 Å². The number of rotatable bonds is 7. The van der Waals surface area contributed by atoms with Crippen LogP contribution in [0.15, 0.2) is 12.1 Å². The zero-order valence-electron chi connectivity index (χ0n) is 16.6. The Morgan fingerprint density at radius 1 is 1.21 bits per heavy atom. The van der Waals surface area contributed by atoms with Crippen molar-refractivity contribution in [3.8, 4) is 11.5 Å². The Morgan fingerprint density at radius 2 is 1.86 bits per heavy atom. The predicted molar refractivity (Wildman–Crippen MR) is 101 cm³/mol. The number of carbonyl (C=O) groups is 2. The van der Waals surface area contributed by atoms with Gasteiger partial charge in [-0.25, -0.2) is 4.79 Å². The summed E-state index contributed by atoms with van der Waals surface area (Å²) in [5.41, 5.74) is -0.765. The maximum atomic E-state index is 12.5. The van der Waals surface area contributed by atoms with E-state index in [1.807, 2.05) is 13.8 Å². The van der Waals surface area contributed by atoms with Gasteiger partial charge in [-0.15, -0.1) is 0 Å². The van der Waals surface area contributed by atoms with Crippen LogP contribution in [0.5, 0.6) is 11.5 Å². The number of ether oxygens (including phenoxy) is 3. The van der Waals surface area contributed by atoms with E-state index in [2.05, 4.69) is 0 Å². The van der Waals surface area contributed by atoms with Gasteiger partial charge >= 0.3 is 5.97 Å². The fourth-order valence-corrected chi connectivity index (χ4v) is 3.48. The van der Waals surface area contributed by atoms with E-state index >= 15 is 0 Å². The number of piperidine rings is 1. The average Bonchev–Trinajstić information content (AvgIpc) is 2.65. The molecule has 1 heterocycles. The molecule has 0 aromatic heterocycles. The molecular weight excluding hydrogens is 368 g/mol. The lowest BCUT2D eigenvalue weighted by Crippen LogP contribution is -2.49. The van der Waals surface area contributed by atoms with Gasteiger partial charge in [-0.3, -0.25) is 14.9 Å². The van der Waals surface area contributed by atoms with Crippen LogP contribution in [-0.4, -0.2) is 54.1 Å². The third-order valence-corrected chi connectivity index (χ3v) is 4.81. The molecule has 2 atom stereocenters. The lowest BCUT2D eigenvalue weighted by atomic mass is 9.97. The molecule has 1 amide bonds. The molecule has 0 saturated carbocycles. The van der Waals surface area contributed by atoms with Crippen LogP contribution in [0, 0.1) is 10.1 Å². The first-order valence-corrected chi connectivity index (χ1v) is 9.27. The minimum atomic E-state index is -0.957. The highest BCUT2D eigenvalue weighted by molar-refractivity contribution is 5.96. The molecule has 0 unspecified atom stereocenters. The fraction of sp³-hybridized carbons (Fsp3) is 0.579. The topological polar surface area (TPSA) is 108 Å². The van der Waals surface area contributed by atoms with Crippen molar-refractivity contribution in [1.29, 1.82) is 0 Å². The van der Waals surface area contributed by atoms with Gasteiger partial charge in [0, 0.05) is 18.2 Å². The number of hydrogen-bond donors (Lipinski definition) is 0. The normalized spacial score (nSPS) is 19.1. The van der Waals surface area contributed by atoms with Gasteiger partial charge in [0.15, 0.2) is 18.1 Å². The number of nitrogens with zero attached hydrogens (tertiary/aromatic N) is 2. The van der Waals surface area contributed by atoms with Crippen LogP contribution < -0.4 is 9.47 Å². The largest absolute Gasteiger partial charge is 0.493 e. The quantitative estimate of drug-likeness (QED) is 0.397. The number of benzene rings is 1. The Balaban J connectivity index is 2.19. The van der Waals surface area contributed by atoms with E-state index in [1.165, 1.54) is 13.2 Å². The zero-order valence-corrected chi connectivity index (χ0v) is 16.6. The summed E-state index contributed by atoms with van der Waals surface area (Å²) >= 11 is 0. The van der Waals surface area contributed by atoms with Crippen molar-refractivity contribution in [2.45, 2.75) is 52.1 Å². The Hall–Kier alpha value is -2.84. The number of hydrogen-bond acceptors (Lipinski definition) is 7. The average molecular weight is 394 g/mol. The van der Waals surface area contributed by atoms with Crippen molar-refractivity contribution < 1.29 is 28.7 Å². The van der Waals surface area contributed by atoms with Crippen molar-refractivity contribution in [3.05, 3.63) is 27.8 Å². The SMILES string of the molecule is CCOc1cc(C(=O)OCC(=O)N2[C@H](C)CCC[C@@H]2C)c([N+](=O)[O-])cc1OC. The van der Waals surface area contributed by atoms with Gasteiger partial charge in [0.05, 0.1) is 24.7 Å². The molecule has 1 saturated heterocycles. The molecule has 1 fully saturated rings. The summed E-state index contributed by atoms with van der Waals surface area (Å²) in [6, 6.07) is 2.45. The van der Waals surface area contributed by atoms with Gasteiger partial charge in [0.25, 0.3) is 11.6 Å². The minimum absolute atomic E-state index is 0.0647. The molecule has 0 N–H and O–H groups in total. The number of nitro benzene ring substituents is 1. The monoisotopic (exact) mass is 394 g/mol. The Bertz CT molecular complexity index is 740. The van der Waals surface area contributed by atoms with Crippen molar-refractivity contribution in [3.63, 3.8) is 0 Å². The van der Waals surface area contributed by atoms with Crippen molar-refractivity contribution >= 4 is 17.6 Å².